The van der Waals surface area contributed by atoms with E-state index >= 15 is 0 Å². The van der Waals surface area contributed by atoms with Gasteiger partial charge in [-0.15, -0.1) is 0 Å². The maximum atomic E-state index is 5.90. The molecule has 1 heterocycles. The minimum atomic E-state index is 0.294. The standard InChI is InChI=1S/C13H21N3O/c1-9-4-5-11(6-10(9)2)17-13-8-15-7-12(14-3)16-13/h7-11H,4-6H2,1-3H3,(H,14,16). The number of hydrogen-bond acceptors (Lipinski definition) is 4. The van der Waals surface area contributed by atoms with E-state index in [9.17, 15) is 0 Å². The molecular formula is C13H21N3O. The lowest BCUT2D eigenvalue weighted by molar-refractivity contribution is 0.0962. The van der Waals surface area contributed by atoms with Crippen LogP contribution in [0.5, 0.6) is 5.88 Å². The van der Waals surface area contributed by atoms with E-state index in [2.05, 4.69) is 29.1 Å². The number of nitrogens with one attached hydrogen (secondary N) is 1. The van der Waals surface area contributed by atoms with Crippen LogP contribution in [0.3, 0.4) is 0 Å². The second-order valence-corrected chi connectivity index (χ2v) is 5.00. The van der Waals surface area contributed by atoms with Crippen molar-refractivity contribution in [1.29, 1.82) is 0 Å². The molecule has 0 bridgehead atoms. The summed E-state index contributed by atoms with van der Waals surface area (Å²) in [6, 6.07) is 0. The smallest absolute Gasteiger partial charge is 0.234 e. The summed E-state index contributed by atoms with van der Waals surface area (Å²) < 4.78 is 5.90. The molecule has 0 saturated heterocycles. The second-order valence-electron chi connectivity index (χ2n) is 5.00. The van der Waals surface area contributed by atoms with E-state index < -0.39 is 0 Å². The molecule has 94 valence electrons. The fourth-order valence-corrected chi connectivity index (χ4v) is 2.30. The Hall–Kier alpha value is -1.32. The third-order valence-corrected chi connectivity index (χ3v) is 3.71. The normalized spacial score (nSPS) is 28.8. The van der Waals surface area contributed by atoms with Crippen molar-refractivity contribution >= 4 is 5.82 Å². The molecule has 3 unspecified atom stereocenters. The van der Waals surface area contributed by atoms with Crippen molar-refractivity contribution in [3.05, 3.63) is 12.4 Å². The summed E-state index contributed by atoms with van der Waals surface area (Å²) in [4.78, 5) is 8.44. The van der Waals surface area contributed by atoms with Gasteiger partial charge in [0.15, 0.2) is 0 Å². The van der Waals surface area contributed by atoms with Crippen LogP contribution in [0.25, 0.3) is 0 Å². The van der Waals surface area contributed by atoms with Crippen molar-refractivity contribution in [3.8, 4) is 5.88 Å². The van der Waals surface area contributed by atoms with Gasteiger partial charge in [0.1, 0.15) is 11.9 Å². The topological polar surface area (TPSA) is 47.0 Å². The fraction of sp³-hybridized carbons (Fsp3) is 0.692. The molecule has 1 aliphatic rings. The molecule has 3 atom stereocenters. The average molecular weight is 235 g/mol. The molecule has 1 fully saturated rings. The van der Waals surface area contributed by atoms with E-state index in [1.165, 1.54) is 6.42 Å². The zero-order valence-electron chi connectivity index (χ0n) is 10.8. The summed E-state index contributed by atoms with van der Waals surface area (Å²) in [6.45, 7) is 4.62. The van der Waals surface area contributed by atoms with E-state index in [-0.39, 0.29) is 0 Å². The highest BCUT2D eigenvalue weighted by Crippen LogP contribution is 2.31. The summed E-state index contributed by atoms with van der Waals surface area (Å²) in [6.07, 6.45) is 7.15. The fourth-order valence-electron chi connectivity index (χ4n) is 2.30. The molecule has 1 aliphatic carbocycles. The van der Waals surface area contributed by atoms with Crippen LogP contribution in [-0.2, 0) is 0 Å². The lowest BCUT2D eigenvalue weighted by atomic mass is 9.80. The van der Waals surface area contributed by atoms with Gasteiger partial charge in [-0.25, -0.2) is 0 Å². The predicted molar refractivity (Wildman–Crippen MR) is 68.2 cm³/mol. The molecule has 0 radical (unpaired) electrons. The lowest BCUT2D eigenvalue weighted by Gasteiger charge is -2.31. The van der Waals surface area contributed by atoms with Gasteiger partial charge in [-0.2, -0.15) is 4.98 Å². The summed E-state index contributed by atoms with van der Waals surface area (Å²) in [5, 5.41) is 2.97. The molecule has 4 nitrogen and oxygen atoms in total. The molecule has 0 aromatic carbocycles. The average Bonchev–Trinajstić information content (AvgIpc) is 2.34. The van der Waals surface area contributed by atoms with Crippen molar-refractivity contribution < 1.29 is 4.74 Å². The van der Waals surface area contributed by atoms with Crippen LogP contribution in [0.4, 0.5) is 5.82 Å². The monoisotopic (exact) mass is 235 g/mol. The van der Waals surface area contributed by atoms with Gasteiger partial charge in [-0.1, -0.05) is 13.8 Å². The zero-order valence-corrected chi connectivity index (χ0v) is 10.8. The minimum Gasteiger partial charge on any atom is -0.473 e. The van der Waals surface area contributed by atoms with Crippen LogP contribution in [0.15, 0.2) is 12.4 Å². The van der Waals surface area contributed by atoms with Crippen molar-refractivity contribution in [2.75, 3.05) is 12.4 Å². The molecule has 1 saturated carbocycles. The van der Waals surface area contributed by atoms with Crippen LogP contribution in [0.2, 0.25) is 0 Å². The molecular weight excluding hydrogens is 214 g/mol. The molecule has 1 aromatic rings. The summed E-state index contributed by atoms with van der Waals surface area (Å²) in [7, 11) is 1.83. The van der Waals surface area contributed by atoms with Crippen molar-refractivity contribution in [1.82, 2.24) is 9.97 Å². The first-order valence-electron chi connectivity index (χ1n) is 6.35. The number of aromatic nitrogens is 2. The third kappa shape index (κ3) is 3.08. The highest BCUT2D eigenvalue weighted by molar-refractivity contribution is 5.31. The number of nitrogens with zero attached hydrogens (tertiary/aromatic N) is 2. The van der Waals surface area contributed by atoms with Gasteiger partial charge in [-0.05, 0) is 31.1 Å². The number of rotatable bonds is 3. The number of ether oxygens (including phenoxy) is 1. The molecule has 0 spiro atoms. The van der Waals surface area contributed by atoms with Gasteiger partial charge < -0.3 is 10.1 Å². The largest absolute Gasteiger partial charge is 0.473 e. The van der Waals surface area contributed by atoms with Crippen LogP contribution >= 0.6 is 0 Å². The van der Waals surface area contributed by atoms with Crippen molar-refractivity contribution in [2.45, 2.75) is 39.2 Å². The van der Waals surface area contributed by atoms with Crippen molar-refractivity contribution in [2.24, 2.45) is 11.8 Å². The Kier molecular flexibility index (Phi) is 3.82. The number of anilines is 1. The van der Waals surface area contributed by atoms with E-state index in [1.807, 2.05) is 7.05 Å². The predicted octanol–water partition coefficient (Wildman–Crippen LogP) is 2.72. The SMILES string of the molecule is CNc1cncc(OC2CCC(C)C(C)C2)n1. The third-order valence-electron chi connectivity index (χ3n) is 3.71. The van der Waals surface area contributed by atoms with Gasteiger partial charge >= 0.3 is 0 Å². The first-order valence-corrected chi connectivity index (χ1v) is 6.35. The quantitative estimate of drug-likeness (QED) is 0.875. The second kappa shape index (κ2) is 5.34. The number of hydrogen-bond donors (Lipinski definition) is 1. The molecule has 0 aliphatic heterocycles. The van der Waals surface area contributed by atoms with E-state index in [0.29, 0.717) is 12.0 Å². The molecule has 1 aromatic heterocycles. The highest BCUT2D eigenvalue weighted by Gasteiger charge is 2.26. The molecule has 17 heavy (non-hydrogen) atoms. The highest BCUT2D eigenvalue weighted by atomic mass is 16.5. The molecule has 1 N–H and O–H groups in total. The van der Waals surface area contributed by atoms with Crippen LogP contribution in [0, 0.1) is 11.8 Å². The summed E-state index contributed by atoms with van der Waals surface area (Å²) in [5.41, 5.74) is 0. The van der Waals surface area contributed by atoms with Crippen LogP contribution < -0.4 is 10.1 Å². The first-order chi connectivity index (χ1) is 8.19. The van der Waals surface area contributed by atoms with Gasteiger partial charge in [0.2, 0.25) is 5.88 Å². The maximum absolute atomic E-state index is 5.90. The van der Waals surface area contributed by atoms with Crippen LogP contribution in [-0.4, -0.2) is 23.1 Å². The van der Waals surface area contributed by atoms with Gasteiger partial charge in [0, 0.05) is 7.05 Å². The van der Waals surface area contributed by atoms with E-state index in [4.69, 9.17) is 4.74 Å². The Labute approximate surface area is 103 Å². The Morgan fingerprint density at radius 3 is 2.76 bits per heavy atom. The van der Waals surface area contributed by atoms with Gasteiger partial charge in [0.25, 0.3) is 0 Å². The summed E-state index contributed by atoms with van der Waals surface area (Å²) >= 11 is 0. The molecule has 2 rings (SSSR count). The maximum Gasteiger partial charge on any atom is 0.234 e. The lowest BCUT2D eigenvalue weighted by Crippen LogP contribution is -2.29. The van der Waals surface area contributed by atoms with E-state index in [1.54, 1.807) is 12.4 Å². The molecule has 4 heteroatoms. The van der Waals surface area contributed by atoms with Gasteiger partial charge in [0.05, 0.1) is 12.4 Å². The Balaban J connectivity index is 1.96. The Bertz CT molecular complexity index is 369. The minimum absolute atomic E-state index is 0.294. The van der Waals surface area contributed by atoms with Gasteiger partial charge in [-0.3, -0.25) is 4.98 Å². The summed E-state index contributed by atoms with van der Waals surface area (Å²) in [5.74, 6) is 2.92. The molecule has 0 amide bonds. The Morgan fingerprint density at radius 2 is 2.06 bits per heavy atom. The first kappa shape index (κ1) is 12.1. The van der Waals surface area contributed by atoms with Crippen LogP contribution in [0.1, 0.15) is 33.1 Å². The van der Waals surface area contributed by atoms with E-state index in [0.717, 1.165) is 30.5 Å². The Morgan fingerprint density at radius 1 is 1.24 bits per heavy atom. The zero-order chi connectivity index (χ0) is 12.3. The van der Waals surface area contributed by atoms with Crippen molar-refractivity contribution in [3.63, 3.8) is 0 Å².